The van der Waals surface area contributed by atoms with Gasteiger partial charge >= 0.3 is 0 Å². The lowest BCUT2D eigenvalue weighted by Gasteiger charge is -2.14. The predicted molar refractivity (Wildman–Crippen MR) is 61.9 cm³/mol. The maximum Gasteiger partial charge on any atom is 0.217 e. The van der Waals surface area contributed by atoms with Crippen molar-refractivity contribution in [3.05, 3.63) is 23.9 Å². The Kier molecular flexibility index (Phi) is 5.30. The Morgan fingerprint density at radius 2 is 2.44 bits per heavy atom. The first-order valence-electron chi connectivity index (χ1n) is 5.40. The minimum atomic E-state index is 0.231. The number of hydrogen-bond donors (Lipinski definition) is 1. The molecule has 0 spiro atoms. The first-order chi connectivity index (χ1) is 7.81. The molecule has 4 heteroatoms. The molecule has 0 saturated heterocycles. The van der Waals surface area contributed by atoms with E-state index in [0.29, 0.717) is 18.8 Å². The van der Waals surface area contributed by atoms with Crippen LogP contribution in [0.3, 0.4) is 0 Å². The van der Waals surface area contributed by atoms with E-state index in [4.69, 9.17) is 10.00 Å². The molecule has 0 aliphatic carbocycles. The van der Waals surface area contributed by atoms with Gasteiger partial charge in [0.2, 0.25) is 5.88 Å². The number of rotatable bonds is 6. The van der Waals surface area contributed by atoms with E-state index >= 15 is 0 Å². The van der Waals surface area contributed by atoms with E-state index in [0.717, 1.165) is 12.0 Å². The van der Waals surface area contributed by atoms with Crippen LogP contribution in [0.25, 0.3) is 0 Å². The lowest BCUT2D eigenvalue weighted by molar-refractivity contribution is 0.387. The quantitative estimate of drug-likeness (QED) is 0.793. The molecule has 1 aromatic rings. The molecule has 86 valence electrons. The molecule has 0 aliphatic rings. The average molecular weight is 219 g/mol. The summed E-state index contributed by atoms with van der Waals surface area (Å²) in [5.74, 6) is 0.641. The highest BCUT2D eigenvalue weighted by molar-refractivity contribution is 5.25. The Balaban J connectivity index is 2.56. The van der Waals surface area contributed by atoms with Crippen molar-refractivity contribution < 1.29 is 4.74 Å². The van der Waals surface area contributed by atoms with Crippen molar-refractivity contribution in [1.29, 1.82) is 5.26 Å². The lowest BCUT2D eigenvalue weighted by Crippen LogP contribution is -2.27. The summed E-state index contributed by atoms with van der Waals surface area (Å²) in [5.41, 5.74) is 1.02. The molecule has 4 nitrogen and oxygen atoms in total. The second-order valence-corrected chi connectivity index (χ2v) is 3.52. The largest absolute Gasteiger partial charge is 0.481 e. The third-order valence-electron chi connectivity index (χ3n) is 2.45. The third kappa shape index (κ3) is 3.52. The van der Waals surface area contributed by atoms with Crippen molar-refractivity contribution in [3.8, 4) is 11.9 Å². The third-order valence-corrected chi connectivity index (χ3v) is 2.45. The first kappa shape index (κ1) is 12.5. The number of nitriles is 1. The Labute approximate surface area is 96.3 Å². The molecular weight excluding hydrogens is 202 g/mol. The van der Waals surface area contributed by atoms with Gasteiger partial charge in [0.15, 0.2) is 0 Å². The minimum Gasteiger partial charge on any atom is -0.481 e. The van der Waals surface area contributed by atoms with E-state index in [1.54, 1.807) is 13.3 Å². The van der Waals surface area contributed by atoms with Crippen molar-refractivity contribution in [3.63, 3.8) is 0 Å². The van der Waals surface area contributed by atoms with E-state index in [1.807, 2.05) is 12.1 Å². The van der Waals surface area contributed by atoms with Crippen molar-refractivity contribution in [2.24, 2.45) is 0 Å². The highest BCUT2D eigenvalue weighted by atomic mass is 16.5. The van der Waals surface area contributed by atoms with Gasteiger partial charge in [-0.05, 0) is 12.5 Å². The standard InChI is InChI=1S/C12H17N3O/c1-3-11(6-7-13)15-9-10-5-4-8-14-12(10)16-2/h4-5,8,11,15H,3,6,9H2,1-2H3. The minimum absolute atomic E-state index is 0.231. The zero-order valence-corrected chi connectivity index (χ0v) is 9.73. The first-order valence-corrected chi connectivity index (χ1v) is 5.40. The fraction of sp³-hybridized carbons (Fsp3) is 0.500. The molecule has 0 amide bonds. The maximum absolute atomic E-state index is 8.64. The Hall–Kier alpha value is -1.60. The molecule has 1 atom stereocenters. The monoisotopic (exact) mass is 219 g/mol. The highest BCUT2D eigenvalue weighted by Crippen LogP contribution is 2.13. The zero-order chi connectivity index (χ0) is 11.8. The fourth-order valence-corrected chi connectivity index (χ4v) is 1.47. The number of aromatic nitrogens is 1. The van der Waals surface area contributed by atoms with Crippen LogP contribution in [0.1, 0.15) is 25.3 Å². The summed E-state index contributed by atoms with van der Waals surface area (Å²) in [6.07, 6.45) is 3.17. The van der Waals surface area contributed by atoms with Crippen LogP contribution in [0.15, 0.2) is 18.3 Å². The molecule has 1 heterocycles. The molecule has 0 aromatic carbocycles. The second kappa shape index (κ2) is 6.81. The summed E-state index contributed by atoms with van der Waals surface area (Å²) in [6, 6.07) is 6.26. The second-order valence-electron chi connectivity index (χ2n) is 3.52. The maximum atomic E-state index is 8.64. The molecule has 1 unspecified atom stereocenters. The van der Waals surface area contributed by atoms with Crippen molar-refractivity contribution >= 4 is 0 Å². The van der Waals surface area contributed by atoms with Gasteiger partial charge in [0.25, 0.3) is 0 Å². The summed E-state index contributed by atoms with van der Waals surface area (Å²) in [7, 11) is 1.61. The number of ether oxygens (including phenoxy) is 1. The van der Waals surface area contributed by atoms with Gasteiger partial charge in [-0.3, -0.25) is 0 Å². The number of methoxy groups -OCH3 is 1. The zero-order valence-electron chi connectivity index (χ0n) is 9.73. The highest BCUT2D eigenvalue weighted by Gasteiger charge is 2.07. The summed E-state index contributed by atoms with van der Waals surface area (Å²) in [6.45, 7) is 2.74. The van der Waals surface area contributed by atoms with Gasteiger partial charge in [-0.1, -0.05) is 13.0 Å². The summed E-state index contributed by atoms with van der Waals surface area (Å²) < 4.78 is 5.16. The van der Waals surface area contributed by atoms with Crippen LogP contribution in [0, 0.1) is 11.3 Å². The molecule has 1 rings (SSSR count). The van der Waals surface area contributed by atoms with Gasteiger partial charge in [0.1, 0.15) is 0 Å². The number of nitrogens with zero attached hydrogens (tertiary/aromatic N) is 2. The molecule has 0 radical (unpaired) electrons. The normalized spacial score (nSPS) is 11.8. The Bertz CT molecular complexity index is 360. The van der Waals surface area contributed by atoms with Crippen LogP contribution in [0.4, 0.5) is 0 Å². The smallest absolute Gasteiger partial charge is 0.217 e. The molecule has 0 saturated carbocycles. The van der Waals surface area contributed by atoms with E-state index in [-0.39, 0.29) is 6.04 Å². The summed E-state index contributed by atoms with van der Waals surface area (Å²) >= 11 is 0. The van der Waals surface area contributed by atoms with Crippen LogP contribution in [-0.2, 0) is 6.54 Å². The molecule has 16 heavy (non-hydrogen) atoms. The van der Waals surface area contributed by atoms with Crippen molar-refractivity contribution in [2.45, 2.75) is 32.4 Å². The van der Waals surface area contributed by atoms with Gasteiger partial charge in [0.05, 0.1) is 19.6 Å². The Morgan fingerprint density at radius 3 is 3.06 bits per heavy atom. The van der Waals surface area contributed by atoms with Crippen LogP contribution in [0.5, 0.6) is 5.88 Å². The van der Waals surface area contributed by atoms with Crippen LogP contribution >= 0.6 is 0 Å². The van der Waals surface area contributed by atoms with E-state index < -0.39 is 0 Å². The molecule has 0 fully saturated rings. The molecule has 1 N–H and O–H groups in total. The van der Waals surface area contributed by atoms with Crippen LogP contribution in [-0.4, -0.2) is 18.1 Å². The van der Waals surface area contributed by atoms with E-state index in [2.05, 4.69) is 23.3 Å². The topological polar surface area (TPSA) is 57.9 Å². The molecule has 0 aliphatic heterocycles. The average Bonchev–Trinajstić information content (AvgIpc) is 2.34. The van der Waals surface area contributed by atoms with E-state index in [9.17, 15) is 0 Å². The number of pyridine rings is 1. The molecule has 0 bridgehead atoms. The van der Waals surface area contributed by atoms with E-state index in [1.165, 1.54) is 0 Å². The summed E-state index contributed by atoms with van der Waals surface area (Å²) in [4.78, 5) is 4.12. The fourth-order valence-electron chi connectivity index (χ4n) is 1.47. The van der Waals surface area contributed by atoms with Crippen molar-refractivity contribution in [2.75, 3.05) is 7.11 Å². The van der Waals surface area contributed by atoms with Crippen LogP contribution in [0.2, 0.25) is 0 Å². The molecular formula is C12H17N3O. The Morgan fingerprint density at radius 1 is 1.62 bits per heavy atom. The van der Waals surface area contributed by atoms with Gasteiger partial charge in [0, 0.05) is 24.3 Å². The predicted octanol–water partition coefficient (Wildman–Crippen LogP) is 1.87. The number of nitrogens with one attached hydrogen (secondary N) is 1. The van der Waals surface area contributed by atoms with Crippen molar-refractivity contribution in [1.82, 2.24) is 10.3 Å². The molecule has 1 aromatic heterocycles. The SMILES string of the molecule is CCC(CC#N)NCc1cccnc1OC. The van der Waals surface area contributed by atoms with Gasteiger partial charge in [-0.2, -0.15) is 5.26 Å². The number of hydrogen-bond acceptors (Lipinski definition) is 4. The van der Waals surface area contributed by atoms with Gasteiger partial charge < -0.3 is 10.1 Å². The summed E-state index contributed by atoms with van der Waals surface area (Å²) in [5, 5.41) is 12.0. The van der Waals surface area contributed by atoms with Gasteiger partial charge in [-0.25, -0.2) is 4.98 Å². The van der Waals surface area contributed by atoms with Crippen LogP contribution < -0.4 is 10.1 Å². The van der Waals surface area contributed by atoms with Gasteiger partial charge in [-0.15, -0.1) is 0 Å². The lowest BCUT2D eigenvalue weighted by atomic mass is 10.1.